The predicted octanol–water partition coefficient (Wildman–Crippen LogP) is 1.23. The van der Waals surface area contributed by atoms with Gasteiger partial charge in [0.15, 0.2) is 0 Å². The van der Waals surface area contributed by atoms with Crippen LogP contribution >= 0.6 is 0 Å². The topological polar surface area (TPSA) is 60.2 Å². The zero-order valence-electron chi connectivity index (χ0n) is 11.9. The van der Waals surface area contributed by atoms with E-state index in [2.05, 4.69) is 14.9 Å². The van der Waals surface area contributed by atoms with Crippen molar-refractivity contribution in [2.75, 3.05) is 14.2 Å². The number of hydrogen-bond donors (Lipinski definition) is 0. The lowest BCUT2D eigenvalue weighted by Gasteiger charge is -2.14. The summed E-state index contributed by atoms with van der Waals surface area (Å²) in [6.07, 6.45) is 7.02. The number of ether oxygens (including phenoxy) is 1. The molecule has 6 nitrogen and oxygen atoms in total. The molecule has 2 rings (SSSR count). The number of carbonyl (C=O) groups excluding carboxylic acids is 1. The summed E-state index contributed by atoms with van der Waals surface area (Å²) in [5.74, 6) is -0.324. The van der Waals surface area contributed by atoms with Crippen molar-refractivity contribution in [3.8, 4) is 0 Å². The van der Waals surface area contributed by atoms with Crippen LogP contribution in [0.4, 0.5) is 0 Å². The number of esters is 1. The van der Waals surface area contributed by atoms with Gasteiger partial charge in [-0.2, -0.15) is 0 Å². The maximum atomic E-state index is 11.5. The molecule has 0 aromatic carbocycles. The van der Waals surface area contributed by atoms with Crippen molar-refractivity contribution in [2.24, 2.45) is 7.05 Å². The molecule has 0 aliphatic heterocycles. The molecule has 0 fully saturated rings. The van der Waals surface area contributed by atoms with E-state index in [1.807, 2.05) is 26.4 Å². The highest BCUT2D eigenvalue weighted by Crippen LogP contribution is 2.11. The van der Waals surface area contributed by atoms with Crippen LogP contribution in [0.5, 0.6) is 0 Å². The van der Waals surface area contributed by atoms with Gasteiger partial charge in [0.05, 0.1) is 12.8 Å². The summed E-state index contributed by atoms with van der Waals surface area (Å²) in [5, 5.41) is 0. The van der Waals surface area contributed by atoms with E-state index in [-0.39, 0.29) is 5.97 Å². The molecule has 2 aromatic heterocycles. The van der Waals surface area contributed by atoms with Crippen molar-refractivity contribution in [3.63, 3.8) is 0 Å². The van der Waals surface area contributed by atoms with Gasteiger partial charge in [0.25, 0.3) is 0 Å². The van der Waals surface area contributed by atoms with Crippen LogP contribution in [0.1, 0.15) is 21.7 Å². The lowest BCUT2D eigenvalue weighted by molar-refractivity contribution is 0.0590. The number of hydrogen-bond acceptors (Lipinski definition) is 5. The minimum atomic E-state index is -0.324. The Hall–Kier alpha value is -2.21. The zero-order chi connectivity index (χ0) is 14.5. The highest BCUT2D eigenvalue weighted by atomic mass is 16.5. The third-order valence-corrected chi connectivity index (χ3v) is 2.96. The standard InChI is InChI=1S/C14H18N4O2/c1-17(10-12-7-15-4-5-16-12)8-11-6-13(14(19)20-3)18(2)9-11/h4-7,9H,8,10H2,1-3H3. The first kappa shape index (κ1) is 14.2. The van der Waals surface area contributed by atoms with E-state index < -0.39 is 0 Å². The van der Waals surface area contributed by atoms with Crippen LogP contribution in [-0.2, 0) is 24.9 Å². The summed E-state index contributed by atoms with van der Waals surface area (Å²) in [6.45, 7) is 1.43. The number of aromatic nitrogens is 3. The molecule has 0 radical (unpaired) electrons. The van der Waals surface area contributed by atoms with Crippen LogP contribution in [0.15, 0.2) is 30.9 Å². The molecule has 0 bridgehead atoms. The molecule has 0 saturated heterocycles. The molecule has 20 heavy (non-hydrogen) atoms. The fourth-order valence-electron chi connectivity index (χ4n) is 2.08. The Morgan fingerprint density at radius 2 is 2.20 bits per heavy atom. The van der Waals surface area contributed by atoms with Gasteiger partial charge in [0, 0.05) is 44.9 Å². The van der Waals surface area contributed by atoms with Crippen LogP contribution in [0.3, 0.4) is 0 Å². The van der Waals surface area contributed by atoms with E-state index in [9.17, 15) is 4.79 Å². The Balaban J connectivity index is 2.01. The third kappa shape index (κ3) is 3.42. The van der Waals surface area contributed by atoms with Crippen molar-refractivity contribution >= 4 is 5.97 Å². The average Bonchev–Trinajstić information content (AvgIpc) is 2.79. The second kappa shape index (κ2) is 6.29. The Morgan fingerprint density at radius 1 is 1.40 bits per heavy atom. The lowest BCUT2D eigenvalue weighted by Crippen LogP contribution is -2.17. The van der Waals surface area contributed by atoms with Gasteiger partial charge in [-0.15, -0.1) is 0 Å². The molecule has 0 N–H and O–H groups in total. The Kier molecular flexibility index (Phi) is 4.47. The smallest absolute Gasteiger partial charge is 0.354 e. The van der Waals surface area contributed by atoms with Crippen molar-refractivity contribution in [3.05, 3.63) is 47.8 Å². The largest absolute Gasteiger partial charge is 0.464 e. The Labute approximate surface area is 118 Å². The second-order valence-electron chi connectivity index (χ2n) is 4.71. The van der Waals surface area contributed by atoms with Gasteiger partial charge in [-0.1, -0.05) is 0 Å². The van der Waals surface area contributed by atoms with E-state index >= 15 is 0 Å². The van der Waals surface area contributed by atoms with Crippen LogP contribution in [0, 0.1) is 0 Å². The SMILES string of the molecule is COC(=O)c1cc(CN(C)Cc2cnccn2)cn1C. The maximum absolute atomic E-state index is 11.5. The molecule has 0 aliphatic carbocycles. The molecule has 2 aromatic rings. The fourth-order valence-corrected chi connectivity index (χ4v) is 2.08. The molecule has 0 spiro atoms. The van der Waals surface area contributed by atoms with E-state index in [0.717, 1.165) is 17.8 Å². The van der Waals surface area contributed by atoms with Crippen LogP contribution in [0.25, 0.3) is 0 Å². The van der Waals surface area contributed by atoms with Crippen LogP contribution in [0.2, 0.25) is 0 Å². The van der Waals surface area contributed by atoms with E-state index in [0.29, 0.717) is 12.2 Å². The van der Waals surface area contributed by atoms with E-state index in [4.69, 9.17) is 4.74 Å². The first-order chi connectivity index (χ1) is 9.60. The second-order valence-corrected chi connectivity index (χ2v) is 4.71. The summed E-state index contributed by atoms with van der Waals surface area (Å²) in [7, 11) is 5.22. The highest BCUT2D eigenvalue weighted by molar-refractivity contribution is 5.87. The summed E-state index contributed by atoms with van der Waals surface area (Å²) >= 11 is 0. The van der Waals surface area contributed by atoms with Gasteiger partial charge in [-0.05, 0) is 18.7 Å². The van der Waals surface area contributed by atoms with Gasteiger partial charge in [-0.25, -0.2) is 4.79 Å². The zero-order valence-corrected chi connectivity index (χ0v) is 11.9. The van der Waals surface area contributed by atoms with Crippen molar-refractivity contribution in [2.45, 2.75) is 13.1 Å². The number of rotatable bonds is 5. The first-order valence-electron chi connectivity index (χ1n) is 6.27. The van der Waals surface area contributed by atoms with Crippen molar-refractivity contribution in [1.29, 1.82) is 0 Å². The highest BCUT2D eigenvalue weighted by Gasteiger charge is 2.13. The molecule has 2 heterocycles. The molecular formula is C14H18N4O2. The van der Waals surface area contributed by atoms with E-state index in [1.54, 1.807) is 23.2 Å². The van der Waals surface area contributed by atoms with Gasteiger partial charge < -0.3 is 9.30 Å². The number of carbonyl (C=O) groups is 1. The van der Waals surface area contributed by atoms with Crippen molar-refractivity contribution in [1.82, 2.24) is 19.4 Å². The number of nitrogens with zero attached hydrogens (tertiary/aromatic N) is 4. The normalized spacial score (nSPS) is 10.8. The van der Waals surface area contributed by atoms with Gasteiger partial charge in [0.2, 0.25) is 0 Å². The first-order valence-corrected chi connectivity index (χ1v) is 6.27. The maximum Gasteiger partial charge on any atom is 0.354 e. The summed E-state index contributed by atoms with van der Waals surface area (Å²) in [6, 6.07) is 1.85. The minimum absolute atomic E-state index is 0.324. The minimum Gasteiger partial charge on any atom is -0.464 e. The van der Waals surface area contributed by atoms with Crippen LogP contribution < -0.4 is 0 Å². The van der Waals surface area contributed by atoms with Crippen molar-refractivity contribution < 1.29 is 9.53 Å². The van der Waals surface area contributed by atoms with Gasteiger partial charge in [-0.3, -0.25) is 14.9 Å². The van der Waals surface area contributed by atoms with Gasteiger partial charge >= 0.3 is 5.97 Å². The van der Waals surface area contributed by atoms with E-state index in [1.165, 1.54) is 7.11 Å². The lowest BCUT2D eigenvalue weighted by atomic mass is 10.3. The summed E-state index contributed by atoms with van der Waals surface area (Å²) < 4.78 is 6.51. The number of methoxy groups -OCH3 is 1. The quantitative estimate of drug-likeness (QED) is 0.768. The molecule has 106 valence electrons. The molecule has 0 amide bonds. The molecule has 0 aliphatic rings. The Bertz CT molecular complexity index is 580. The number of aryl methyl sites for hydroxylation is 1. The Morgan fingerprint density at radius 3 is 2.85 bits per heavy atom. The predicted molar refractivity (Wildman–Crippen MR) is 74.0 cm³/mol. The molecule has 0 unspecified atom stereocenters. The fraction of sp³-hybridized carbons (Fsp3) is 0.357. The third-order valence-electron chi connectivity index (χ3n) is 2.96. The van der Waals surface area contributed by atoms with Crippen LogP contribution in [-0.4, -0.2) is 39.6 Å². The van der Waals surface area contributed by atoms with Gasteiger partial charge in [0.1, 0.15) is 5.69 Å². The monoisotopic (exact) mass is 274 g/mol. The molecule has 0 atom stereocenters. The molecule has 0 saturated carbocycles. The summed E-state index contributed by atoms with van der Waals surface area (Å²) in [5.41, 5.74) is 2.52. The molecular weight excluding hydrogens is 256 g/mol. The summed E-state index contributed by atoms with van der Waals surface area (Å²) in [4.78, 5) is 21.9. The molecule has 6 heteroatoms. The average molecular weight is 274 g/mol.